The summed E-state index contributed by atoms with van der Waals surface area (Å²) in [4.78, 5) is 11.7. The fourth-order valence-corrected chi connectivity index (χ4v) is 1.48. The van der Waals surface area contributed by atoms with Crippen LogP contribution in [0.1, 0.15) is 39.4 Å². The summed E-state index contributed by atoms with van der Waals surface area (Å²) in [5.41, 5.74) is 0.772. The minimum atomic E-state index is -0.543. The zero-order valence-electron chi connectivity index (χ0n) is 12.0. The molecule has 4 nitrogen and oxygen atoms in total. The molecule has 2 N–H and O–H groups in total. The second kappa shape index (κ2) is 7.14. The van der Waals surface area contributed by atoms with Gasteiger partial charge in [0.25, 0.3) is 5.91 Å². The minimum Gasteiger partial charge on any atom is -0.484 e. The van der Waals surface area contributed by atoms with Gasteiger partial charge in [-0.1, -0.05) is 26.0 Å². The summed E-state index contributed by atoms with van der Waals surface area (Å²) >= 11 is 0. The lowest BCUT2D eigenvalue weighted by molar-refractivity contribution is -0.124. The number of aliphatic hydroxyl groups excluding tert-OH is 1. The molecule has 1 rings (SSSR count). The van der Waals surface area contributed by atoms with Crippen molar-refractivity contribution in [3.8, 4) is 5.75 Å². The van der Waals surface area contributed by atoms with Crippen molar-refractivity contribution in [2.75, 3.05) is 6.61 Å². The number of carbonyl (C=O) groups is 1. The molecular weight excluding hydrogens is 242 g/mol. The SMILES string of the molecule is CC(C)C(C)NC(=O)COc1cccc([C@H](C)O)c1. The number of hydrogen-bond acceptors (Lipinski definition) is 3. The van der Waals surface area contributed by atoms with Gasteiger partial charge in [-0.25, -0.2) is 0 Å². The van der Waals surface area contributed by atoms with Gasteiger partial charge >= 0.3 is 0 Å². The summed E-state index contributed by atoms with van der Waals surface area (Å²) in [6.07, 6.45) is -0.543. The van der Waals surface area contributed by atoms with E-state index in [0.717, 1.165) is 5.56 Å². The average Bonchev–Trinajstić information content (AvgIpc) is 2.36. The van der Waals surface area contributed by atoms with Gasteiger partial charge in [-0.3, -0.25) is 4.79 Å². The van der Waals surface area contributed by atoms with Crippen LogP contribution in [0.25, 0.3) is 0 Å². The van der Waals surface area contributed by atoms with Gasteiger partial charge in [0, 0.05) is 6.04 Å². The second-order valence-corrected chi connectivity index (χ2v) is 5.14. The number of nitrogens with one attached hydrogen (secondary N) is 1. The van der Waals surface area contributed by atoms with Gasteiger partial charge in [0.05, 0.1) is 6.10 Å². The molecule has 0 spiro atoms. The zero-order chi connectivity index (χ0) is 14.4. The van der Waals surface area contributed by atoms with Crippen molar-refractivity contribution in [2.24, 2.45) is 5.92 Å². The molecule has 0 saturated heterocycles. The summed E-state index contributed by atoms with van der Waals surface area (Å²) in [5, 5.41) is 12.3. The fourth-order valence-electron chi connectivity index (χ4n) is 1.48. The number of amides is 1. The third kappa shape index (κ3) is 5.30. The first kappa shape index (κ1) is 15.5. The molecule has 106 valence electrons. The Labute approximate surface area is 114 Å². The summed E-state index contributed by atoms with van der Waals surface area (Å²) < 4.78 is 5.42. The van der Waals surface area contributed by atoms with E-state index in [-0.39, 0.29) is 18.6 Å². The molecular formula is C15H23NO3. The second-order valence-electron chi connectivity index (χ2n) is 5.14. The van der Waals surface area contributed by atoms with Gasteiger partial charge in [0.15, 0.2) is 6.61 Å². The van der Waals surface area contributed by atoms with Crippen LogP contribution in [0, 0.1) is 5.92 Å². The predicted octanol–water partition coefficient (Wildman–Crippen LogP) is 2.28. The maximum atomic E-state index is 11.7. The first-order chi connectivity index (χ1) is 8.90. The van der Waals surface area contributed by atoms with Crippen LogP contribution in [0.3, 0.4) is 0 Å². The van der Waals surface area contributed by atoms with Crippen LogP contribution in [-0.4, -0.2) is 23.7 Å². The van der Waals surface area contributed by atoms with Crippen LogP contribution in [0.15, 0.2) is 24.3 Å². The van der Waals surface area contributed by atoms with Gasteiger partial charge in [0.2, 0.25) is 0 Å². The van der Waals surface area contributed by atoms with E-state index in [4.69, 9.17) is 4.74 Å². The third-order valence-corrected chi connectivity index (χ3v) is 3.10. The molecule has 0 radical (unpaired) electrons. The van der Waals surface area contributed by atoms with Crippen molar-refractivity contribution in [1.29, 1.82) is 0 Å². The van der Waals surface area contributed by atoms with E-state index in [9.17, 15) is 9.90 Å². The Balaban J connectivity index is 2.48. The molecule has 4 heteroatoms. The molecule has 1 amide bonds. The number of benzene rings is 1. The van der Waals surface area contributed by atoms with Crippen LogP contribution in [0.4, 0.5) is 0 Å². The van der Waals surface area contributed by atoms with E-state index < -0.39 is 6.10 Å². The maximum absolute atomic E-state index is 11.7. The van der Waals surface area contributed by atoms with E-state index >= 15 is 0 Å². The van der Waals surface area contributed by atoms with Gasteiger partial charge in [-0.2, -0.15) is 0 Å². The first-order valence-electron chi connectivity index (χ1n) is 6.60. The molecule has 1 aromatic rings. The maximum Gasteiger partial charge on any atom is 0.258 e. The highest BCUT2D eigenvalue weighted by Gasteiger charge is 2.11. The van der Waals surface area contributed by atoms with Crippen LogP contribution < -0.4 is 10.1 Å². The number of carbonyl (C=O) groups excluding carboxylic acids is 1. The largest absolute Gasteiger partial charge is 0.484 e. The fraction of sp³-hybridized carbons (Fsp3) is 0.533. The quantitative estimate of drug-likeness (QED) is 0.829. The van der Waals surface area contributed by atoms with Gasteiger partial charge in [-0.05, 0) is 37.5 Å². The molecule has 1 unspecified atom stereocenters. The van der Waals surface area contributed by atoms with Crippen LogP contribution in [0.2, 0.25) is 0 Å². The van der Waals surface area contributed by atoms with Crippen molar-refractivity contribution in [3.05, 3.63) is 29.8 Å². The van der Waals surface area contributed by atoms with Crippen molar-refractivity contribution < 1.29 is 14.6 Å². The molecule has 2 atom stereocenters. The highest BCUT2D eigenvalue weighted by Crippen LogP contribution is 2.18. The predicted molar refractivity (Wildman–Crippen MR) is 75.0 cm³/mol. The molecule has 0 aliphatic heterocycles. The van der Waals surface area contributed by atoms with Crippen LogP contribution in [-0.2, 0) is 4.79 Å². The lowest BCUT2D eigenvalue weighted by Crippen LogP contribution is -2.38. The van der Waals surface area contributed by atoms with Gasteiger partial charge in [-0.15, -0.1) is 0 Å². The highest BCUT2D eigenvalue weighted by molar-refractivity contribution is 5.77. The normalized spacial score (nSPS) is 14.0. The summed E-state index contributed by atoms with van der Waals surface area (Å²) in [6, 6.07) is 7.25. The molecule has 0 aliphatic carbocycles. The molecule has 1 aromatic carbocycles. The Morgan fingerprint density at radius 2 is 2.00 bits per heavy atom. The van der Waals surface area contributed by atoms with Crippen molar-refractivity contribution in [3.63, 3.8) is 0 Å². The van der Waals surface area contributed by atoms with E-state index in [1.807, 2.05) is 13.0 Å². The summed E-state index contributed by atoms with van der Waals surface area (Å²) in [7, 11) is 0. The lowest BCUT2D eigenvalue weighted by atomic mass is 10.1. The van der Waals surface area contributed by atoms with Crippen LogP contribution in [0.5, 0.6) is 5.75 Å². The van der Waals surface area contributed by atoms with E-state index in [0.29, 0.717) is 11.7 Å². The van der Waals surface area contributed by atoms with Gasteiger partial charge < -0.3 is 15.2 Å². The molecule has 0 aromatic heterocycles. The Bertz CT molecular complexity index is 416. The summed E-state index contributed by atoms with van der Waals surface area (Å²) in [5.74, 6) is 0.844. The smallest absolute Gasteiger partial charge is 0.258 e. The average molecular weight is 265 g/mol. The highest BCUT2D eigenvalue weighted by atomic mass is 16.5. The number of hydrogen-bond donors (Lipinski definition) is 2. The van der Waals surface area contributed by atoms with Gasteiger partial charge in [0.1, 0.15) is 5.75 Å². The van der Waals surface area contributed by atoms with Crippen molar-refractivity contribution in [2.45, 2.75) is 39.8 Å². The van der Waals surface area contributed by atoms with Crippen LogP contribution >= 0.6 is 0 Å². The zero-order valence-corrected chi connectivity index (χ0v) is 12.0. The standard InChI is InChI=1S/C15H23NO3/c1-10(2)11(3)16-15(18)9-19-14-7-5-6-13(8-14)12(4)17/h5-8,10-12,17H,9H2,1-4H3,(H,16,18)/t11?,12-/m0/s1. The van der Waals surface area contributed by atoms with E-state index in [1.165, 1.54) is 0 Å². The Kier molecular flexibility index (Phi) is 5.83. The van der Waals surface area contributed by atoms with E-state index in [1.54, 1.807) is 25.1 Å². The molecule has 0 bridgehead atoms. The molecule has 0 saturated carbocycles. The van der Waals surface area contributed by atoms with Crippen molar-refractivity contribution >= 4 is 5.91 Å². The van der Waals surface area contributed by atoms with E-state index in [2.05, 4.69) is 19.2 Å². The Morgan fingerprint density at radius 1 is 1.32 bits per heavy atom. The summed E-state index contributed by atoms with van der Waals surface area (Å²) in [6.45, 7) is 7.75. The molecule has 19 heavy (non-hydrogen) atoms. The monoisotopic (exact) mass is 265 g/mol. The Morgan fingerprint density at radius 3 is 2.58 bits per heavy atom. The number of aliphatic hydroxyl groups is 1. The molecule has 0 aliphatic rings. The minimum absolute atomic E-state index is 0.0136. The van der Waals surface area contributed by atoms with Crippen molar-refractivity contribution in [1.82, 2.24) is 5.32 Å². The molecule has 0 fully saturated rings. The lowest BCUT2D eigenvalue weighted by Gasteiger charge is -2.17. The topological polar surface area (TPSA) is 58.6 Å². The third-order valence-electron chi connectivity index (χ3n) is 3.10. The molecule has 0 heterocycles. The first-order valence-corrected chi connectivity index (χ1v) is 6.60. The Hall–Kier alpha value is -1.55. The number of ether oxygens (including phenoxy) is 1. The number of rotatable bonds is 6.